The number of fused-ring (bicyclic) bond motifs is 3. The van der Waals surface area contributed by atoms with Gasteiger partial charge in [0.2, 0.25) is 0 Å². The molecule has 0 aliphatic carbocycles. The van der Waals surface area contributed by atoms with Crippen molar-refractivity contribution in [3.05, 3.63) is 35.5 Å². The first kappa shape index (κ1) is 19.1. The van der Waals surface area contributed by atoms with Crippen LogP contribution in [-0.4, -0.2) is 68.4 Å². The molecular formula is C19H24N4O4S. The standard InChI is InChI=1S/C19H24N4O4S/c1-22-18-14-5-2-3-6-16(14)28(25,26)13-15(18)17(21-22)19(24)20-7-4-8-23-9-11-27-12-10-23/h2-3,5-6H,4,7-13H2,1H3,(H,20,24). The maximum atomic E-state index is 12.7. The third kappa shape index (κ3) is 3.57. The van der Waals surface area contributed by atoms with Gasteiger partial charge in [-0.3, -0.25) is 14.4 Å². The zero-order valence-electron chi connectivity index (χ0n) is 15.8. The van der Waals surface area contributed by atoms with Crippen LogP contribution in [0.15, 0.2) is 29.2 Å². The van der Waals surface area contributed by atoms with Gasteiger partial charge >= 0.3 is 0 Å². The van der Waals surface area contributed by atoms with E-state index in [9.17, 15) is 13.2 Å². The average molecular weight is 404 g/mol. The lowest BCUT2D eigenvalue weighted by molar-refractivity contribution is 0.0374. The fourth-order valence-corrected chi connectivity index (χ4v) is 5.43. The van der Waals surface area contributed by atoms with Gasteiger partial charge < -0.3 is 10.1 Å². The third-order valence-corrected chi connectivity index (χ3v) is 6.91. The molecule has 2 aliphatic rings. The Kier molecular flexibility index (Phi) is 5.22. The second-order valence-corrected chi connectivity index (χ2v) is 9.08. The molecule has 3 heterocycles. The number of aromatic nitrogens is 2. The van der Waals surface area contributed by atoms with E-state index in [-0.39, 0.29) is 17.4 Å². The van der Waals surface area contributed by atoms with Crippen LogP contribution in [0.1, 0.15) is 22.5 Å². The Hall–Kier alpha value is -2.23. The molecule has 1 N–H and O–H groups in total. The van der Waals surface area contributed by atoms with Crippen LogP contribution in [0.25, 0.3) is 11.3 Å². The fourth-order valence-electron chi connectivity index (χ4n) is 3.84. The summed E-state index contributed by atoms with van der Waals surface area (Å²) in [7, 11) is -1.75. The first-order chi connectivity index (χ1) is 13.5. The summed E-state index contributed by atoms with van der Waals surface area (Å²) < 4.78 is 32.3. The number of aryl methyl sites for hydroxylation is 1. The zero-order valence-corrected chi connectivity index (χ0v) is 16.7. The van der Waals surface area contributed by atoms with E-state index in [1.54, 1.807) is 36.0 Å². The molecule has 1 saturated heterocycles. The molecule has 1 aromatic carbocycles. The molecule has 0 unspecified atom stereocenters. The average Bonchev–Trinajstić information content (AvgIpc) is 3.01. The van der Waals surface area contributed by atoms with E-state index in [1.807, 2.05) is 0 Å². The minimum absolute atomic E-state index is 0.196. The van der Waals surface area contributed by atoms with Crippen molar-refractivity contribution < 1.29 is 17.9 Å². The molecule has 0 radical (unpaired) electrons. The van der Waals surface area contributed by atoms with Crippen molar-refractivity contribution >= 4 is 15.7 Å². The van der Waals surface area contributed by atoms with Gasteiger partial charge in [0, 0.05) is 37.8 Å². The number of morpholine rings is 1. The molecule has 0 bridgehead atoms. The highest BCUT2D eigenvalue weighted by atomic mass is 32.2. The summed E-state index contributed by atoms with van der Waals surface area (Å²) in [6.45, 7) is 4.75. The highest BCUT2D eigenvalue weighted by Crippen LogP contribution is 2.38. The number of ether oxygens (including phenoxy) is 1. The molecule has 0 atom stereocenters. The Morgan fingerprint density at radius 1 is 1.25 bits per heavy atom. The number of carbonyl (C=O) groups is 1. The second kappa shape index (κ2) is 7.65. The lowest BCUT2D eigenvalue weighted by Crippen LogP contribution is -2.38. The molecule has 1 amide bonds. The Bertz CT molecular complexity index is 993. The molecule has 9 heteroatoms. The summed E-state index contributed by atoms with van der Waals surface area (Å²) in [6.07, 6.45) is 0.821. The van der Waals surface area contributed by atoms with Crippen molar-refractivity contribution in [3.63, 3.8) is 0 Å². The Morgan fingerprint density at radius 3 is 2.79 bits per heavy atom. The van der Waals surface area contributed by atoms with Gasteiger partial charge in [0.1, 0.15) is 0 Å². The van der Waals surface area contributed by atoms with Gasteiger partial charge in [0.05, 0.1) is 29.6 Å². The van der Waals surface area contributed by atoms with E-state index in [0.29, 0.717) is 28.3 Å². The van der Waals surface area contributed by atoms with Crippen LogP contribution in [0.5, 0.6) is 0 Å². The number of sulfone groups is 1. The van der Waals surface area contributed by atoms with Crippen molar-refractivity contribution in [1.29, 1.82) is 0 Å². The van der Waals surface area contributed by atoms with Gasteiger partial charge in [-0.15, -0.1) is 0 Å². The molecule has 0 spiro atoms. The predicted molar refractivity (Wildman–Crippen MR) is 104 cm³/mol. The van der Waals surface area contributed by atoms with E-state index in [1.165, 1.54) is 0 Å². The summed E-state index contributed by atoms with van der Waals surface area (Å²) in [4.78, 5) is 15.3. The van der Waals surface area contributed by atoms with Crippen LogP contribution >= 0.6 is 0 Å². The molecule has 1 aromatic heterocycles. The van der Waals surface area contributed by atoms with E-state index in [4.69, 9.17) is 4.74 Å². The van der Waals surface area contributed by atoms with Gasteiger partial charge in [-0.05, 0) is 19.0 Å². The molecule has 28 heavy (non-hydrogen) atoms. The molecular weight excluding hydrogens is 380 g/mol. The summed E-state index contributed by atoms with van der Waals surface area (Å²) >= 11 is 0. The van der Waals surface area contributed by atoms with Crippen LogP contribution in [0, 0.1) is 0 Å². The maximum absolute atomic E-state index is 12.7. The first-order valence-corrected chi connectivity index (χ1v) is 11.1. The molecule has 4 rings (SSSR count). The number of hydrogen-bond acceptors (Lipinski definition) is 6. The van der Waals surface area contributed by atoms with Crippen LogP contribution in [0.4, 0.5) is 0 Å². The largest absolute Gasteiger partial charge is 0.379 e. The molecule has 8 nitrogen and oxygen atoms in total. The van der Waals surface area contributed by atoms with Crippen molar-refractivity contribution in [1.82, 2.24) is 20.0 Å². The van der Waals surface area contributed by atoms with E-state index < -0.39 is 9.84 Å². The van der Waals surface area contributed by atoms with Crippen molar-refractivity contribution in [3.8, 4) is 11.3 Å². The van der Waals surface area contributed by atoms with Crippen molar-refractivity contribution in [2.24, 2.45) is 7.05 Å². The minimum atomic E-state index is -3.49. The maximum Gasteiger partial charge on any atom is 0.272 e. The third-order valence-electron chi connectivity index (χ3n) is 5.21. The lowest BCUT2D eigenvalue weighted by atomic mass is 10.1. The summed E-state index contributed by atoms with van der Waals surface area (Å²) in [5, 5.41) is 7.22. The van der Waals surface area contributed by atoms with Crippen molar-refractivity contribution in [2.45, 2.75) is 17.1 Å². The Morgan fingerprint density at radius 2 is 2.00 bits per heavy atom. The van der Waals surface area contributed by atoms with E-state index >= 15 is 0 Å². The normalized spacial score (nSPS) is 18.3. The summed E-state index contributed by atoms with van der Waals surface area (Å²) in [5.41, 5.74) is 1.97. The first-order valence-electron chi connectivity index (χ1n) is 9.44. The lowest BCUT2D eigenvalue weighted by Gasteiger charge is -2.26. The number of nitrogens with one attached hydrogen (secondary N) is 1. The van der Waals surface area contributed by atoms with Crippen molar-refractivity contribution in [2.75, 3.05) is 39.4 Å². The topological polar surface area (TPSA) is 93.5 Å². The van der Waals surface area contributed by atoms with Gasteiger partial charge in [-0.2, -0.15) is 5.10 Å². The second-order valence-electron chi connectivity index (χ2n) is 7.12. The molecule has 0 saturated carbocycles. The van der Waals surface area contributed by atoms with Gasteiger partial charge in [-0.25, -0.2) is 8.42 Å². The minimum Gasteiger partial charge on any atom is -0.379 e. The van der Waals surface area contributed by atoms with Crippen LogP contribution < -0.4 is 5.32 Å². The molecule has 2 aromatic rings. The van der Waals surface area contributed by atoms with Gasteiger partial charge in [-0.1, -0.05) is 18.2 Å². The van der Waals surface area contributed by atoms with E-state index in [2.05, 4.69) is 15.3 Å². The summed E-state index contributed by atoms with van der Waals surface area (Å²) in [5.74, 6) is -0.530. The smallest absolute Gasteiger partial charge is 0.272 e. The van der Waals surface area contributed by atoms with Crippen LogP contribution in [0.3, 0.4) is 0 Å². The van der Waals surface area contributed by atoms with E-state index in [0.717, 1.165) is 39.3 Å². The molecule has 150 valence electrons. The SMILES string of the molecule is Cn1nc(C(=O)NCCCN2CCOCC2)c2c1-c1ccccc1S(=O)(=O)C2. The number of benzene rings is 1. The fraction of sp³-hybridized carbons (Fsp3) is 0.474. The number of nitrogens with zero attached hydrogens (tertiary/aromatic N) is 3. The quantitative estimate of drug-likeness (QED) is 0.742. The Balaban J connectivity index is 1.49. The number of hydrogen-bond donors (Lipinski definition) is 1. The highest BCUT2D eigenvalue weighted by molar-refractivity contribution is 7.90. The van der Waals surface area contributed by atoms with Gasteiger partial charge in [0.15, 0.2) is 15.5 Å². The number of rotatable bonds is 5. The zero-order chi connectivity index (χ0) is 19.7. The summed E-state index contributed by atoms with van der Waals surface area (Å²) in [6, 6.07) is 6.87. The highest BCUT2D eigenvalue weighted by Gasteiger charge is 2.34. The number of amides is 1. The predicted octanol–water partition coefficient (Wildman–Crippen LogP) is 0.827. The Labute approximate surface area is 164 Å². The van der Waals surface area contributed by atoms with Crippen LogP contribution in [-0.2, 0) is 27.4 Å². The monoisotopic (exact) mass is 404 g/mol. The number of carbonyl (C=O) groups excluding carboxylic acids is 1. The molecule has 2 aliphatic heterocycles. The van der Waals surface area contributed by atoms with Gasteiger partial charge in [0.25, 0.3) is 5.91 Å². The van der Waals surface area contributed by atoms with Crippen LogP contribution in [0.2, 0.25) is 0 Å². The molecule has 1 fully saturated rings.